The predicted octanol–water partition coefficient (Wildman–Crippen LogP) is 4.44. The molecule has 1 nitrogen and oxygen atoms in total. The third-order valence-corrected chi connectivity index (χ3v) is 4.99. The fraction of sp³-hybridized carbons (Fsp3) is 0.500. The van der Waals surface area contributed by atoms with Crippen LogP contribution in [-0.2, 0) is 0 Å². The molecule has 0 aliphatic heterocycles. The van der Waals surface area contributed by atoms with Crippen molar-refractivity contribution in [3.63, 3.8) is 0 Å². The molecule has 0 bridgehead atoms. The van der Waals surface area contributed by atoms with Crippen molar-refractivity contribution in [1.29, 1.82) is 0 Å². The van der Waals surface area contributed by atoms with Gasteiger partial charge in [-0.25, -0.2) is 0 Å². The van der Waals surface area contributed by atoms with E-state index in [1.54, 1.807) is 0 Å². The molecule has 0 amide bonds. The van der Waals surface area contributed by atoms with Crippen molar-refractivity contribution >= 4 is 17.2 Å². The SMILES string of the molecule is OCC1=C(c2ccc(Cl)cc2)CC2(CCC2)CC1. The zero-order valence-electron chi connectivity index (χ0n) is 10.6. The average Bonchev–Trinajstić information content (AvgIpc) is 2.37. The van der Waals surface area contributed by atoms with Gasteiger partial charge in [-0.1, -0.05) is 30.2 Å². The summed E-state index contributed by atoms with van der Waals surface area (Å²) in [4.78, 5) is 0. The zero-order chi connectivity index (χ0) is 12.6. The van der Waals surface area contributed by atoms with Gasteiger partial charge in [0.1, 0.15) is 0 Å². The van der Waals surface area contributed by atoms with Crippen LogP contribution in [-0.4, -0.2) is 11.7 Å². The van der Waals surface area contributed by atoms with E-state index in [0.29, 0.717) is 5.41 Å². The van der Waals surface area contributed by atoms with Gasteiger partial charge in [0.05, 0.1) is 6.61 Å². The van der Waals surface area contributed by atoms with E-state index < -0.39 is 0 Å². The van der Waals surface area contributed by atoms with E-state index >= 15 is 0 Å². The molecule has 0 aromatic heterocycles. The van der Waals surface area contributed by atoms with Crippen LogP contribution in [0, 0.1) is 5.41 Å². The van der Waals surface area contributed by atoms with Crippen LogP contribution in [0.3, 0.4) is 0 Å². The number of hydrogen-bond acceptors (Lipinski definition) is 1. The largest absolute Gasteiger partial charge is 0.392 e. The van der Waals surface area contributed by atoms with E-state index in [0.717, 1.165) is 17.9 Å². The van der Waals surface area contributed by atoms with Crippen molar-refractivity contribution < 1.29 is 5.11 Å². The smallest absolute Gasteiger partial charge is 0.0647 e. The summed E-state index contributed by atoms with van der Waals surface area (Å²) < 4.78 is 0. The molecule has 0 heterocycles. The van der Waals surface area contributed by atoms with E-state index in [1.165, 1.54) is 42.4 Å². The van der Waals surface area contributed by atoms with Crippen LogP contribution in [0.25, 0.3) is 5.57 Å². The normalized spacial score (nSPS) is 22.1. The maximum absolute atomic E-state index is 9.55. The summed E-state index contributed by atoms with van der Waals surface area (Å²) in [6.45, 7) is 0.202. The van der Waals surface area contributed by atoms with Crippen LogP contribution in [0.15, 0.2) is 29.8 Å². The van der Waals surface area contributed by atoms with Crippen LogP contribution in [0.2, 0.25) is 5.02 Å². The van der Waals surface area contributed by atoms with Crippen molar-refractivity contribution in [2.45, 2.75) is 38.5 Å². The molecule has 1 N–H and O–H groups in total. The van der Waals surface area contributed by atoms with Crippen LogP contribution < -0.4 is 0 Å². The highest BCUT2D eigenvalue weighted by Gasteiger charge is 2.40. The van der Waals surface area contributed by atoms with Crippen LogP contribution >= 0.6 is 11.6 Å². The minimum atomic E-state index is 0.202. The van der Waals surface area contributed by atoms with Crippen LogP contribution in [0.5, 0.6) is 0 Å². The van der Waals surface area contributed by atoms with Gasteiger partial charge in [-0.2, -0.15) is 0 Å². The number of aliphatic hydroxyl groups excluding tert-OH is 1. The fourth-order valence-electron chi connectivity index (χ4n) is 3.39. The van der Waals surface area contributed by atoms with E-state index in [1.807, 2.05) is 12.1 Å². The Bertz CT molecular complexity index is 468. The van der Waals surface area contributed by atoms with Crippen molar-refractivity contribution in [1.82, 2.24) is 0 Å². The number of rotatable bonds is 2. The molecule has 1 fully saturated rings. The van der Waals surface area contributed by atoms with E-state index in [2.05, 4.69) is 12.1 Å². The lowest BCUT2D eigenvalue weighted by molar-refractivity contribution is 0.118. The van der Waals surface area contributed by atoms with Gasteiger partial charge < -0.3 is 5.11 Å². The maximum atomic E-state index is 9.55. The second kappa shape index (κ2) is 4.71. The summed E-state index contributed by atoms with van der Waals surface area (Å²) in [5.74, 6) is 0. The number of aliphatic hydroxyl groups is 1. The van der Waals surface area contributed by atoms with Crippen molar-refractivity contribution in [2.75, 3.05) is 6.61 Å². The molecule has 2 aliphatic carbocycles. The summed E-state index contributed by atoms with van der Waals surface area (Å²) in [6, 6.07) is 8.07. The number of allylic oxidation sites excluding steroid dienone is 1. The summed E-state index contributed by atoms with van der Waals surface area (Å²) in [6.07, 6.45) is 7.58. The molecule has 0 atom stereocenters. The monoisotopic (exact) mass is 262 g/mol. The van der Waals surface area contributed by atoms with Gasteiger partial charge in [0.2, 0.25) is 0 Å². The van der Waals surface area contributed by atoms with Gasteiger partial charge in [0, 0.05) is 5.02 Å². The molecule has 1 spiro atoms. The highest BCUT2D eigenvalue weighted by molar-refractivity contribution is 6.30. The Morgan fingerprint density at radius 2 is 1.83 bits per heavy atom. The lowest BCUT2D eigenvalue weighted by atomic mass is 9.59. The standard InChI is InChI=1S/C16H19ClO/c17-14-4-2-12(3-5-14)15-10-16(7-1-8-16)9-6-13(15)11-18/h2-5,18H,1,6-11H2. The minimum absolute atomic E-state index is 0.202. The van der Waals surface area contributed by atoms with Crippen molar-refractivity contribution in [2.24, 2.45) is 5.41 Å². The first-order valence-corrected chi connectivity index (χ1v) is 7.18. The third kappa shape index (κ3) is 2.10. The molecule has 1 aromatic rings. The molecule has 3 rings (SSSR count). The fourth-order valence-corrected chi connectivity index (χ4v) is 3.52. The minimum Gasteiger partial charge on any atom is -0.392 e. The zero-order valence-corrected chi connectivity index (χ0v) is 11.3. The third-order valence-electron chi connectivity index (χ3n) is 4.73. The lowest BCUT2D eigenvalue weighted by Crippen LogP contribution is -2.32. The van der Waals surface area contributed by atoms with E-state index in [-0.39, 0.29) is 6.61 Å². The van der Waals surface area contributed by atoms with Crippen molar-refractivity contribution in [3.8, 4) is 0 Å². The number of hydrogen-bond donors (Lipinski definition) is 1. The number of halogens is 1. The molecular formula is C16H19ClO. The number of benzene rings is 1. The molecule has 0 radical (unpaired) electrons. The summed E-state index contributed by atoms with van der Waals surface area (Å²) in [5, 5.41) is 10.3. The van der Waals surface area contributed by atoms with Gasteiger partial charge in [-0.15, -0.1) is 0 Å². The molecule has 2 heteroatoms. The quantitative estimate of drug-likeness (QED) is 0.835. The summed E-state index contributed by atoms with van der Waals surface area (Å²) >= 11 is 5.95. The molecular weight excluding hydrogens is 244 g/mol. The highest BCUT2D eigenvalue weighted by atomic mass is 35.5. The van der Waals surface area contributed by atoms with Gasteiger partial charge in [0.25, 0.3) is 0 Å². The lowest BCUT2D eigenvalue weighted by Gasteiger charge is -2.46. The molecule has 1 aromatic carbocycles. The summed E-state index contributed by atoms with van der Waals surface area (Å²) in [7, 11) is 0. The van der Waals surface area contributed by atoms with Gasteiger partial charge in [-0.05, 0) is 66.4 Å². The molecule has 2 aliphatic rings. The molecule has 1 saturated carbocycles. The second-order valence-electron chi connectivity index (χ2n) is 5.78. The first kappa shape index (κ1) is 12.3. The van der Waals surface area contributed by atoms with Crippen molar-refractivity contribution in [3.05, 3.63) is 40.4 Å². The molecule has 0 unspecified atom stereocenters. The molecule has 0 saturated heterocycles. The van der Waals surface area contributed by atoms with Gasteiger partial charge in [0.15, 0.2) is 0 Å². The van der Waals surface area contributed by atoms with E-state index in [4.69, 9.17) is 11.6 Å². The Hall–Kier alpha value is -0.790. The van der Waals surface area contributed by atoms with E-state index in [9.17, 15) is 5.11 Å². The first-order valence-electron chi connectivity index (χ1n) is 6.80. The Morgan fingerprint density at radius 1 is 1.11 bits per heavy atom. The van der Waals surface area contributed by atoms with Crippen LogP contribution in [0.1, 0.15) is 44.1 Å². The average molecular weight is 263 g/mol. The van der Waals surface area contributed by atoms with Gasteiger partial charge >= 0.3 is 0 Å². The van der Waals surface area contributed by atoms with Crippen LogP contribution in [0.4, 0.5) is 0 Å². The predicted molar refractivity (Wildman–Crippen MR) is 75.6 cm³/mol. The maximum Gasteiger partial charge on any atom is 0.0647 e. The molecule has 18 heavy (non-hydrogen) atoms. The Balaban J connectivity index is 1.94. The highest BCUT2D eigenvalue weighted by Crippen LogP contribution is 2.54. The Labute approximate surface area is 113 Å². The summed E-state index contributed by atoms with van der Waals surface area (Å²) in [5.41, 5.74) is 4.40. The first-order chi connectivity index (χ1) is 8.72. The van der Waals surface area contributed by atoms with Gasteiger partial charge in [-0.3, -0.25) is 0 Å². The topological polar surface area (TPSA) is 20.2 Å². The second-order valence-corrected chi connectivity index (χ2v) is 6.21. The Morgan fingerprint density at radius 3 is 2.39 bits per heavy atom. The molecule has 96 valence electrons. The Kier molecular flexibility index (Phi) is 3.21.